The number of nitrogens with one attached hydrogen (secondary N) is 1. The van der Waals surface area contributed by atoms with Gasteiger partial charge in [0.1, 0.15) is 0 Å². The Labute approximate surface area is 124 Å². The number of hydrogen-bond acceptors (Lipinski definition) is 4. The quantitative estimate of drug-likeness (QED) is 0.627. The van der Waals surface area contributed by atoms with Gasteiger partial charge in [-0.1, -0.05) is 20.8 Å². The van der Waals surface area contributed by atoms with Crippen molar-refractivity contribution in [3.05, 3.63) is 0 Å². The predicted octanol–water partition coefficient (Wildman–Crippen LogP) is 2.47. The molecule has 1 N–H and O–H groups in total. The zero-order valence-electron chi connectivity index (χ0n) is 13.7. The van der Waals surface area contributed by atoms with Crippen molar-refractivity contribution in [1.29, 1.82) is 0 Å². The molecule has 0 aliphatic heterocycles. The zero-order chi connectivity index (χ0) is 14.8. The highest BCUT2D eigenvalue weighted by atomic mass is 16.5. The average molecular weight is 287 g/mol. The van der Waals surface area contributed by atoms with Crippen LogP contribution in [0.15, 0.2) is 0 Å². The molecule has 1 saturated carbocycles. The first-order valence-electron chi connectivity index (χ1n) is 8.10. The average Bonchev–Trinajstić information content (AvgIpc) is 2.40. The van der Waals surface area contributed by atoms with Crippen LogP contribution in [0, 0.1) is 11.8 Å². The molecule has 1 aliphatic carbocycles. The van der Waals surface area contributed by atoms with Crippen LogP contribution < -0.4 is 5.32 Å². The summed E-state index contributed by atoms with van der Waals surface area (Å²) in [4.78, 5) is 0. The summed E-state index contributed by atoms with van der Waals surface area (Å²) in [7, 11) is 1.69. The van der Waals surface area contributed by atoms with Gasteiger partial charge in [-0.25, -0.2) is 0 Å². The van der Waals surface area contributed by atoms with Gasteiger partial charge in [-0.15, -0.1) is 0 Å². The van der Waals surface area contributed by atoms with Gasteiger partial charge in [0.05, 0.1) is 19.3 Å². The molecule has 20 heavy (non-hydrogen) atoms. The van der Waals surface area contributed by atoms with E-state index in [2.05, 4.69) is 26.1 Å². The summed E-state index contributed by atoms with van der Waals surface area (Å²) in [5.74, 6) is 1.43. The van der Waals surface area contributed by atoms with Gasteiger partial charge in [-0.3, -0.25) is 0 Å². The minimum absolute atomic E-state index is 0.352. The molecule has 4 nitrogen and oxygen atoms in total. The largest absolute Gasteiger partial charge is 0.382 e. The Bertz CT molecular complexity index is 238. The Balaban J connectivity index is 2.21. The smallest absolute Gasteiger partial charge is 0.0753 e. The standard InChI is InChI=1S/C16H33NO3/c1-5-17-15-12-13(2)11-14(3)16(15)20-8-6-7-19-10-9-18-4/h13-17H,5-12H2,1-4H3. The molecule has 0 spiro atoms. The van der Waals surface area contributed by atoms with E-state index in [9.17, 15) is 0 Å². The van der Waals surface area contributed by atoms with Crippen LogP contribution in [0.4, 0.5) is 0 Å². The summed E-state index contributed by atoms with van der Waals surface area (Å²) in [5, 5.41) is 3.59. The fourth-order valence-corrected chi connectivity index (χ4v) is 3.20. The van der Waals surface area contributed by atoms with Gasteiger partial charge < -0.3 is 19.5 Å². The molecule has 4 atom stereocenters. The maximum atomic E-state index is 6.14. The molecule has 0 aromatic heterocycles. The summed E-state index contributed by atoms with van der Waals surface area (Å²) >= 11 is 0. The lowest BCUT2D eigenvalue weighted by Crippen LogP contribution is -2.49. The first-order valence-corrected chi connectivity index (χ1v) is 8.10. The number of methoxy groups -OCH3 is 1. The first-order chi connectivity index (χ1) is 9.69. The van der Waals surface area contributed by atoms with E-state index < -0.39 is 0 Å². The van der Waals surface area contributed by atoms with Crippen LogP contribution in [0.5, 0.6) is 0 Å². The van der Waals surface area contributed by atoms with Crippen molar-refractivity contribution < 1.29 is 14.2 Å². The minimum atomic E-state index is 0.352. The Hall–Kier alpha value is -0.160. The molecule has 4 unspecified atom stereocenters. The molecule has 0 aromatic rings. The lowest BCUT2D eigenvalue weighted by Gasteiger charge is -2.39. The van der Waals surface area contributed by atoms with Crippen LogP contribution >= 0.6 is 0 Å². The maximum absolute atomic E-state index is 6.14. The second-order valence-corrected chi connectivity index (χ2v) is 6.01. The molecule has 1 fully saturated rings. The van der Waals surface area contributed by atoms with Gasteiger partial charge in [0.15, 0.2) is 0 Å². The van der Waals surface area contributed by atoms with Crippen molar-refractivity contribution >= 4 is 0 Å². The molecule has 0 amide bonds. The summed E-state index contributed by atoms with van der Waals surface area (Å²) in [6.45, 7) is 10.7. The van der Waals surface area contributed by atoms with Crippen molar-refractivity contribution in [3.63, 3.8) is 0 Å². The van der Waals surface area contributed by atoms with Crippen LogP contribution in [0.3, 0.4) is 0 Å². The monoisotopic (exact) mass is 287 g/mol. The van der Waals surface area contributed by atoms with E-state index in [1.807, 2.05) is 0 Å². The molecule has 0 bridgehead atoms. The van der Waals surface area contributed by atoms with Crippen molar-refractivity contribution in [2.45, 2.75) is 52.2 Å². The third kappa shape index (κ3) is 6.53. The zero-order valence-corrected chi connectivity index (χ0v) is 13.7. The molecule has 0 aromatic carbocycles. The van der Waals surface area contributed by atoms with Crippen LogP contribution in [0.25, 0.3) is 0 Å². The first kappa shape index (κ1) is 17.9. The SMILES string of the molecule is CCNC1CC(C)CC(C)C1OCCCOCCOC. The molecule has 0 radical (unpaired) electrons. The predicted molar refractivity (Wildman–Crippen MR) is 82.1 cm³/mol. The van der Waals surface area contributed by atoms with E-state index in [1.165, 1.54) is 12.8 Å². The normalized spacial score (nSPS) is 30.6. The van der Waals surface area contributed by atoms with Gasteiger partial charge in [-0.05, 0) is 37.6 Å². The van der Waals surface area contributed by atoms with Crippen molar-refractivity contribution in [2.24, 2.45) is 11.8 Å². The molecular weight excluding hydrogens is 254 g/mol. The second kappa shape index (κ2) is 10.6. The summed E-state index contributed by atoms with van der Waals surface area (Å²) in [5.41, 5.74) is 0. The molecule has 1 rings (SSSR count). The number of rotatable bonds is 10. The van der Waals surface area contributed by atoms with E-state index in [-0.39, 0.29) is 0 Å². The van der Waals surface area contributed by atoms with Crippen LogP contribution in [0.2, 0.25) is 0 Å². The lowest BCUT2D eigenvalue weighted by atomic mass is 9.78. The number of hydrogen-bond donors (Lipinski definition) is 1. The lowest BCUT2D eigenvalue weighted by molar-refractivity contribution is -0.0447. The van der Waals surface area contributed by atoms with Gasteiger partial charge in [0.2, 0.25) is 0 Å². The van der Waals surface area contributed by atoms with Crippen molar-refractivity contribution in [1.82, 2.24) is 5.32 Å². The van der Waals surface area contributed by atoms with Gasteiger partial charge in [0, 0.05) is 26.4 Å². The van der Waals surface area contributed by atoms with Crippen molar-refractivity contribution in [2.75, 3.05) is 40.1 Å². The van der Waals surface area contributed by atoms with E-state index in [4.69, 9.17) is 14.2 Å². The van der Waals surface area contributed by atoms with Gasteiger partial charge in [-0.2, -0.15) is 0 Å². The van der Waals surface area contributed by atoms with E-state index in [1.54, 1.807) is 7.11 Å². The molecule has 0 saturated heterocycles. The number of likely N-dealkylation sites (N-methyl/N-ethyl adjacent to an activating group) is 1. The number of ether oxygens (including phenoxy) is 3. The highest BCUT2D eigenvalue weighted by Gasteiger charge is 2.33. The highest BCUT2D eigenvalue weighted by Crippen LogP contribution is 2.31. The van der Waals surface area contributed by atoms with Crippen molar-refractivity contribution in [3.8, 4) is 0 Å². The Morgan fingerprint density at radius 1 is 1.05 bits per heavy atom. The third-order valence-electron chi connectivity index (χ3n) is 4.03. The van der Waals surface area contributed by atoms with E-state index in [0.717, 1.165) is 32.1 Å². The highest BCUT2D eigenvalue weighted by molar-refractivity contribution is 4.88. The van der Waals surface area contributed by atoms with Crippen LogP contribution in [-0.2, 0) is 14.2 Å². The second-order valence-electron chi connectivity index (χ2n) is 6.01. The van der Waals surface area contributed by atoms with Crippen LogP contribution in [-0.4, -0.2) is 52.2 Å². The molecule has 4 heteroatoms. The Morgan fingerprint density at radius 3 is 2.55 bits per heavy atom. The summed E-state index contributed by atoms with van der Waals surface area (Å²) in [6.07, 6.45) is 3.82. The summed E-state index contributed by atoms with van der Waals surface area (Å²) < 4.78 is 16.5. The maximum Gasteiger partial charge on any atom is 0.0753 e. The van der Waals surface area contributed by atoms with Gasteiger partial charge in [0.25, 0.3) is 0 Å². The molecule has 1 aliphatic rings. The topological polar surface area (TPSA) is 39.7 Å². The third-order valence-corrected chi connectivity index (χ3v) is 4.03. The minimum Gasteiger partial charge on any atom is -0.382 e. The van der Waals surface area contributed by atoms with E-state index >= 15 is 0 Å². The summed E-state index contributed by atoms with van der Waals surface area (Å²) in [6, 6.07) is 0.508. The van der Waals surface area contributed by atoms with Crippen LogP contribution in [0.1, 0.15) is 40.0 Å². The van der Waals surface area contributed by atoms with E-state index in [0.29, 0.717) is 31.3 Å². The fourth-order valence-electron chi connectivity index (χ4n) is 3.20. The Kier molecular flexibility index (Phi) is 9.44. The molecule has 0 heterocycles. The molecular formula is C16H33NO3. The molecule has 120 valence electrons. The van der Waals surface area contributed by atoms with Gasteiger partial charge >= 0.3 is 0 Å². The Morgan fingerprint density at radius 2 is 1.85 bits per heavy atom. The fraction of sp³-hybridized carbons (Fsp3) is 1.00.